The number of carbonyl (C=O) groups excluding carboxylic acids is 2. The predicted octanol–water partition coefficient (Wildman–Crippen LogP) is 4.84. The van der Waals surface area contributed by atoms with Crippen molar-refractivity contribution in [3.63, 3.8) is 0 Å². The van der Waals surface area contributed by atoms with Gasteiger partial charge in [-0.1, -0.05) is 12.1 Å². The number of hydrogen-bond acceptors (Lipinski definition) is 6. The summed E-state index contributed by atoms with van der Waals surface area (Å²) in [5, 5.41) is 3.01. The lowest BCUT2D eigenvalue weighted by molar-refractivity contribution is -0.125. The molecular weight excluding hydrogens is 460 g/mol. The Morgan fingerprint density at radius 1 is 0.806 bits per heavy atom. The number of rotatable bonds is 8. The minimum atomic E-state index is -0.526. The highest BCUT2D eigenvalue weighted by Gasteiger charge is 2.41. The first-order valence-electron chi connectivity index (χ1n) is 11.6. The van der Waals surface area contributed by atoms with Crippen molar-refractivity contribution in [2.24, 2.45) is 5.92 Å². The SMILES string of the molecule is COc1ccc([C@H]2[C@H](C(=O)Nc3cc(OC)ccc3OC)CCC(=O)N2c2ccc(OC)cc2)cc1. The van der Waals surface area contributed by atoms with Gasteiger partial charge < -0.3 is 29.2 Å². The van der Waals surface area contributed by atoms with Crippen molar-refractivity contribution in [1.29, 1.82) is 0 Å². The fourth-order valence-corrected chi connectivity index (χ4v) is 4.53. The van der Waals surface area contributed by atoms with Gasteiger partial charge in [0.05, 0.1) is 46.1 Å². The number of hydrogen-bond donors (Lipinski definition) is 1. The van der Waals surface area contributed by atoms with Crippen LogP contribution in [-0.2, 0) is 9.59 Å². The van der Waals surface area contributed by atoms with E-state index in [4.69, 9.17) is 18.9 Å². The molecule has 2 atom stereocenters. The molecule has 1 aliphatic rings. The highest BCUT2D eigenvalue weighted by molar-refractivity contribution is 6.00. The highest BCUT2D eigenvalue weighted by Crippen LogP contribution is 2.42. The van der Waals surface area contributed by atoms with Crippen LogP contribution in [0.1, 0.15) is 24.4 Å². The van der Waals surface area contributed by atoms with Crippen LogP contribution < -0.4 is 29.2 Å². The van der Waals surface area contributed by atoms with Crippen molar-refractivity contribution in [2.45, 2.75) is 18.9 Å². The second kappa shape index (κ2) is 11.0. The molecule has 1 aliphatic heterocycles. The number of methoxy groups -OCH3 is 4. The van der Waals surface area contributed by atoms with Crippen LogP contribution in [0.2, 0.25) is 0 Å². The number of ether oxygens (including phenoxy) is 4. The Bertz CT molecular complexity index is 1210. The first-order valence-corrected chi connectivity index (χ1v) is 11.6. The molecule has 1 heterocycles. The fourth-order valence-electron chi connectivity index (χ4n) is 4.53. The van der Waals surface area contributed by atoms with E-state index >= 15 is 0 Å². The molecule has 0 radical (unpaired) electrons. The second-order valence-corrected chi connectivity index (χ2v) is 8.38. The average Bonchev–Trinajstić information content (AvgIpc) is 2.92. The quantitative estimate of drug-likeness (QED) is 0.486. The third-order valence-electron chi connectivity index (χ3n) is 6.41. The van der Waals surface area contributed by atoms with Crippen LogP contribution in [0, 0.1) is 5.92 Å². The lowest BCUT2D eigenvalue weighted by Crippen LogP contribution is -2.47. The van der Waals surface area contributed by atoms with Crippen molar-refractivity contribution in [1.82, 2.24) is 0 Å². The lowest BCUT2D eigenvalue weighted by atomic mass is 9.83. The number of carbonyl (C=O) groups is 2. The van der Waals surface area contributed by atoms with Crippen LogP contribution in [0.15, 0.2) is 66.7 Å². The zero-order valence-corrected chi connectivity index (χ0v) is 20.8. The molecule has 0 aliphatic carbocycles. The normalized spacial score (nSPS) is 17.3. The minimum Gasteiger partial charge on any atom is -0.497 e. The van der Waals surface area contributed by atoms with Crippen LogP contribution in [0.4, 0.5) is 11.4 Å². The molecule has 8 nitrogen and oxygen atoms in total. The Morgan fingerprint density at radius 2 is 1.39 bits per heavy atom. The summed E-state index contributed by atoms with van der Waals surface area (Å²) in [6.07, 6.45) is 0.645. The number of benzene rings is 3. The van der Waals surface area contributed by atoms with Crippen LogP contribution in [0.25, 0.3) is 0 Å². The summed E-state index contributed by atoms with van der Waals surface area (Å²) in [6.45, 7) is 0. The summed E-state index contributed by atoms with van der Waals surface area (Å²) in [6, 6.07) is 19.4. The Labute approximate surface area is 210 Å². The highest BCUT2D eigenvalue weighted by atomic mass is 16.5. The van der Waals surface area contributed by atoms with E-state index in [2.05, 4.69) is 5.32 Å². The monoisotopic (exact) mass is 490 g/mol. The zero-order valence-electron chi connectivity index (χ0n) is 20.8. The van der Waals surface area contributed by atoms with E-state index in [1.54, 1.807) is 63.7 Å². The summed E-state index contributed by atoms with van der Waals surface area (Å²) in [5.41, 5.74) is 2.03. The van der Waals surface area contributed by atoms with Crippen LogP contribution in [-0.4, -0.2) is 40.3 Å². The van der Waals surface area contributed by atoms with Crippen LogP contribution in [0.3, 0.4) is 0 Å². The summed E-state index contributed by atoms with van der Waals surface area (Å²) in [5.74, 6) is 1.70. The van der Waals surface area contributed by atoms with Gasteiger partial charge in [-0.15, -0.1) is 0 Å². The molecule has 188 valence electrons. The zero-order chi connectivity index (χ0) is 25.7. The smallest absolute Gasteiger partial charge is 0.230 e. The molecule has 3 aromatic carbocycles. The van der Waals surface area contributed by atoms with E-state index in [0.29, 0.717) is 40.8 Å². The van der Waals surface area contributed by atoms with Gasteiger partial charge in [0.15, 0.2) is 0 Å². The van der Waals surface area contributed by atoms with Gasteiger partial charge in [-0.3, -0.25) is 9.59 Å². The Morgan fingerprint density at radius 3 is 1.97 bits per heavy atom. The van der Waals surface area contributed by atoms with Crippen molar-refractivity contribution >= 4 is 23.2 Å². The molecule has 3 aromatic rings. The molecule has 2 amide bonds. The van der Waals surface area contributed by atoms with Crippen molar-refractivity contribution < 1.29 is 28.5 Å². The van der Waals surface area contributed by atoms with Gasteiger partial charge in [-0.25, -0.2) is 0 Å². The van der Waals surface area contributed by atoms with Gasteiger partial charge >= 0.3 is 0 Å². The average molecular weight is 491 g/mol. The summed E-state index contributed by atoms with van der Waals surface area (Å²) >= 11 is 0. The van der Waals surface area contributed by atoms with Crippen molar-refractivity contribution in [2.75, 3.05) is 38.7 Å². The number of piperidine rings is 1. The maximum atomic E-state index is 13.7. The number of nitrogens with zero attached hydrogens (tertiary/aromatic N) is 1. The molecule has 0 spiro atoms. The standard InChI is InChI=1S/C28H30N2O6/c1-33-20-9-5-18(6-10-20)27-23(28(32)29-24-17-22(35-3)13-15-25(24)36-4)14-16-26(31)30(27)19-7-11-21(34-2)12-8-19/h5-13,15,17,23,27H,14,16H2,1-4H3,(H,29,32)/t23-,27+/m1/s1. The molecule has 1 N–H and O–H groups in total. The van der Waals surface area contributed by atoms with Crippen LogP contribution in [0.5, 0.6) is 23.0 Å². The Hall–Kier alpha value is -4.20. The third kappa shape index (κ3) is 5.07. The molecule has 1 saturated heterocycles. The van der Waals surface area contributed by atoms with Gasteiger partial charge in [0.1, 0.15) is 23.0 Å². The second-order valence-electron chi connectivity index (χ2n) is 8.38. The molecule has 4 rings (SSSR count). The summed E-state index contributed by atoms with van der Waals surface area (Å²) < 4.78 is 21.4. The van der Waals surface area contributed by atoms with Gasteiger partial charge in [-0.05, 0) is 60.5 Å². The first-order chi connectivity index (χ1) is 17.5. The van der Waals surface area contributed by atoms with E-state index in [1.807, 2.05) is 36.4 Å². The lowest BCUT2D eigenvalue weighted by Gasteiger charge is -2.41. The van der Waals surface area contributed by atoms with Gasteiger partial charge in [-0.2, -0.15) is 0 Å². The number of anilines is 2. The summed E-state index contributed by atoms with van der Waals surface area (Å²) in [4.78, 5) is 28.7. The molecule has 1 fully saturated rings. The molecule has 0 saturated carbocycles. The fraction of sp³-hybridized carbons (Fsp3) is 0.286. The van der Waals surface area contributed by atoms with Gasteiger partial charge in [0, 0.05) is 18.2 Å². The van der Waals surface area contributed by atoms with Crippen molar-refractivity contribution in [3.8, 4) is 23.0 Å². The van der Waals surface area contributed by atoms with E-state index in [-0.39, 0.29) is 18.2 Å². The Kier molecular flexibility index (Phi) is 7.63. The molecule has 0 aromatic heterocycles. The molecule has 8 heteroatoms. The van der Waals surface area contributed by atoms with Gasteiger partial charge in [0.2, 0.25) is 11.8 Å². The van der Waals surface area contributed by atoms with E-state index < -0.39 is 12.0 Å². The molecule has 0 bridgehead atoms. The summed E-state index contributed by atoms with van der Waals surface area (Å²) in [7, 11) is 6.30. The van der Waals surface area contributed by atoms with Crippen molar-refractivity contribution in [3.05, 3.63) is 72.3 Å². The topological polar surface area (TPSA) is 86.3 Å². The van der Waals surface area contributed by atoms with Crippen LogP contribution >= 0.6 is 0 Å². The van der Waals surface area contributed by atoms with E-state index in [1.165, 1.54) is 0 Å². The van der Waals surface area contributed by atoms with E-state index in [9.17, 15) is 9.59 Å². The third-order valence-corrected chi connectivity index (χ3v) is 6.41. The number of nitrogens with one attached hydrogen (secondary N) is 1. The maximum absolute atomic E-state index is 13.7. The predicted molar refractivity (Wildman–Crippen MR) is 137 cm³/mol. The maximum Gasteiger partial charge on any atom is 0.230 e. The number of amides is 2. The molecule has 0 unspecified atom stereocenters. The largest absolute Gasteiger partial charge is 0.497 e. The Balaban J connectivity index is 1.74. The minimum absolute atomic E-state index is 0.0519. The van der Waals surface area contributed by atoms with Gasteiger partial charge in [0.25, 0.3) is 0 Å². The van der Waals surface area contributed by atoms with E-state index in [0.717, 1.165) is 5.56 Å². The molecular formula is C28H30N2O6. The first kappa shape index (κ1) is 24.9. The molecule has 36 heavy (non-hydrogen) atoms.